The maximum absolute atomic E-state index is 12.7. The molecule has 3 nitrogen and oxygen atoms in total. The van der Waals surface area contributed by atoms with Gasteiger partial charge in [-0.05, 0) is 42.7 Å². The van der Waals surface area contributed by atoms with Crippen molar-refractivity contribution in [3.8, 4) is 0 Å². The predicted octanol–water partition coefficient (Wildman–Crippen LogP) is 4.14. The molecule has 1 fully saturated rings. The molecule has 1 saturated heterocycles. The predicted molar refractivity (Wildman–Crippen MR) is 88.2 cm³/mol. The minimum absolute atomic E-state index is 0.100. The zero-order valence-corrected chi connectivity index (χ0v) is 13.2. The lowest BCUT2D eigenvalue weighted by atomic mass is 9.94. The minimum Gasteiger partial charge on any atom is -0.338 e. The standard InChI is InChI=1S/C18H19ClN2O/c19-17-6-4-14(5-7-17)16-3-1-2-12-21(13-16)18(22)15-8-10-20-11-9-15/h4-11,16H,1-3,12-13H2. The molecule has 3 rings (SSSR count). The van der Waals surface area contributed by atoms with Crippen LogP contribution in [0.5, 0.6) is 0 Å². The highest BCUT2D eigenvalue weighted by atomic mass is 35.5. The number of pyridine rings is 1. The first-order chi connectivity index (χ1) is 10.7. The summed E-state index contributed by atoms with van der Waals surface area (Å²) in [6.45, 7) is 1.59. The number of carbonyl (C=O) groups is 1. The quantitative estimate of drug-likeness (QED) is 0.834. The summed E-state index contributed by atoms with van der Waals surface area (Å²) in [5.74, 6) is 0.480. The summed E-state index contributed by atoms with van der Waals surface area (Å²) in [7, 11) is 0. The molecule has 1 aliphatic heterocycles. The first-order valence-corrected chi connectivity index (χ1v) is 8.06. The number of hydrogen-bond acceptors (Lipinski definition) is 2. The van der Waals surface area contributed by atoms with Crippen molar-refractivity contribution >= 4 is 17.5 Å². The second kappa shape index (κ2) is 6.93. The molecule has 22 heavy (non-hydrogen) atoms. The molecule has 0 bridgehead atoms. The Kier molecular flexibility index (Phi) is 4.74. The van der Waals surface area contributed by atoms with E-state index in [-0.39, 0.29) is 5.91 Å². The Morgan fingerprint density at radius 3 is 2.55 bits per heavy atom. The SMILES string of the molecule is O=C(c1ccncc1)N1CCCCC(c2ccc(Cl)cc2)C1. The normalized spacial score (nSPS) is 18.8. The van der Waals surface area contributed by atoms with Crippen molar-refractivity contribution in [3.63, 3.8) is 0 Å². The van der Waals surface area contributed by atoms with Gasteiger partial charge in [-0.2, -0.15) is 0 Å². The Balaban J connectivity index is 1.78. The van der Waals surface area contributed by atoms with Crippen LogP contribution in [0.3, 0.4) is 0 Å². The number of halogens is 1. The first kappa shape index (κ1) is 15.0. The topological polar surface area (TPSA) is 33.2 Å². The van der Waals surface area contributed by atoms with E-state index in [0.717, 1.165) is 37.4 Å². The van der Waals surface area contributed by atoms with Gasteiger partial charge in [0.2, 0.25) is 0 Å². The van der Waals surface area contributed by atoms with Gasteiger partial charge in [0, 0.05) is 42.0 Å². The van der Waals surface area contributed by atoms with Gasteiger partial charge in [0.05, 0.1) is 0 Å². The van der Waals surface area contributed by atoms with Gasteiger partial charge in [-0.15, -0.1) is 0 Å². The summed E-state index contributed by atoms with van der Waals surface area (Å²) < 4.78 is 0. The van der Waals surface area contributed by atoms with Gasteiger partial charge in [0.15, 0.2) is 0 Å². The summed E-state index contributed by atoms with van der Waals surface area (Å²) >= 11 is 5.97. The average molecular weight is 315 g/mol. The van der Waals surface area contributed by atoms with Crippen molar-refractivity contribution in [2.24, 2.45) is 0 Å². The summed E-state index contributed by atoms with van der Waals surface area (Å²) in [5.41, 5.74) is 1.98. The zero-order chi connectivity index (χ0) is 15.4. The number of benzene rings is 1. The molecule has 1 atom stereocenters. The van der Waals surface area contributed by atoms with Crippen LogP contribution in [0.1, 0.15) is 41.1 Å². The smallest absolute Gasteiger partial charge is 0.253 e. The van der Waals surface area contributed by atoms with Crippen LogP contribution in [0.4, 0.5) is 0 Å². The molecule has 2 aromatic rings. The first-order valence-electron chi connectivity index (χ1n) is 7.69. The van der Waals surface area contributed by atoms with Crippen molar-refractivity contribution in [2.45, 2.75) is 25.2 Å². The molecule has 0 N–H and O–H groups in total. The molecular formula is C18H19ClN2O. The number of nitrogens with zero attached hydrogens (tertiary/aromatic N) is 2. The van der Waals surface area contributed by atoms with Gasteiger partial charge < -0.3 is 4.90 Å². The lowest BCUT2D eigenvalue weighted by Gasteiger charge is -2.25. The minimum atomic E-state index is 0.100. The van der Waals surface area contributed by atoms with E-state index in [4.69, 9.17) is 11.6 Å². The summed E-state index contributed by atoms with van der Waals surface area (Å²) in [6.07, 6.45) is 6.65. The van der Waals surface area contributed by atoms with Crippen molar-refractivity contribution in [1.82, 2.24) is 9.88 Å². The number of aromatic nitrogens is 1. The number of likely N-dealkylation sites (tertiary alicyclic amines) is 1. The molecule has 1 aliphatic rings. The van der Waals surface area contributed by atoms with E-state index in [1.165, 1.54) is 5.56 Å². The van der Waals surface area contributed by atoms with Crippen LogP contribution < -0.4 is 0 Å². The van der Waals surface area contributed by atoms with Crippen LogP contribution in [0.15, 0.2) is 48.8 Å². The van der Waals surface area contributed by atoms with Crippen molar-refractivity contribution in [2.75, 3.05) is 13.1 Å². The maximum atomic E-state index is 12.7. The molecule has 0 spiro atoms. The monoisotopic (exact) mass is 314 g/mol. The largest absolute Gasteiger partial charge is 0.338 e. The fourth-order valence-corrected chi connectivity index (χ4v) is 3.14. The lowest BCUT2D eigenvalue weighted by Crippen LogP contribution is -2.34. The van der Waals surface area contributed by atoms with Gasteiger partial charge in [-0.25, -0.2) is 0 Å². The molecule has 0 saturated carbocycles. The van der Waals surface area contributed by atoms with E-state index in [0.29, 0.717) is 11.5 Å². The second-order valence-corrected chi connectivity index (χ2v) is 6.17. The molecule has 1 unspecified atom stereocenters. The van der Waals surface area contributed by atoms with E-state index in [2.05, 4.69) is 17.1 Å². The third-order valence-corrected chi connectivity index (χ3v) is 4.48. The number of carbonyl (C=O) groups excluding carboxylic acids is 1. The zero-order valence-electron chi connectivity index (χ0n) is 12.4. The number of rotatable bonds is 2. The van der Waals surface area contributed by atoms with Crippen molar-refractivity contribution in [1.29, 1.82) is 0 Å². The van der Waals surface area contributed by atoms with Crippen molar-refractivity contribution < 1.29 is 4.79 Å². The van der Waals surface area contributed by atoms with Gasteiger partial charge in [0.1, 0.15) is 0 Å². The second-order valence-electron chi connectivity index (χ2n) is 5.73. The number of hydrogen-bond donors (Lipinski definition) is 0. The molecule has 4 heteroatoms. The van der Waals surface area contributed by atoms with E-state index >= 15 is 0 Å². The number of amides is 1. The van der Waals surface area contributed by atoms with Crippen LogP contribution in [-0.4, -0.2) is 28.9 Å². The highest BCUT2D eigenvalue weighted by Gasteiger charge is 2.23. The molecule has 0 radical (unpaired) electrons. The lowest BCUT2D eigenvalue weighted by molar-refractivity contribution is 0.0754. The molecule has 2 heterocycles. The molecule has 1 aromatic heterocycles. The van der Waals surface area contributed by atoms with Crippen LogP contribution >= 0.6 is 11.6 Å². The fraction of sp³-hybridized carbons (Fsp3) is 0.333. The Hall–Kier alpha value is -1.87. The van der Waals surface area contributed by atoms with Gasteiger partial charge >= 0.3 is 0 Å². The average Bonchev–Trinajstić information content (AvgIpc) is 2.82. The highest BCUT2D eigenvalue weighted by molar-refractivity contribution is 6.30. The van der Waals surface area contributed by atoms with Crippen LogP contribution in [0.25, 0.3) is 0 Å². The molecule has 1 amide bonds. The summed E-state index contributed by atoms with van der Waals surface area (Å²) in [5, 5.41) is 0.752. The molecule has 114 valence electrons. The third kappa shape index (κ3) is 3.47. The highest BCUT2D eigenvalue weighted by Crippen LogP contribution is 2.28. The third-order valence-electron chi connectivity index (χ3n) is 4.23. The molecular weight excluding hydrogens is 296 g/mol. The molecule has 1 aromatic carbocycles. The summed E-state index contributed by atoms with van der Waals surface area (Å²) in [4.78, 5) is 18.6. The van der Waals surface area contributed by atoms with Crippen LogP contribution in [-0.2, 0) is 0 Å². The van der Waals surface area contributed by atoms with Gasteiger partial charge in [0.25, 0.3) is 5.91 Å². The van der Waals surface area contributed by atoms with Crippen molar-refractivity contribution in [3.05, 3.63) is 64.9 Å². The Bertz CT molecular complexity index is 627. The Morgan fingerprint density at radius 2 is 1.82 bits per heavy atom. The van der Waals surface area contributed by atoms with Crippen LogP contribution in [0, 0.1) is 0 Å². The van der Waals surface area contributed by atoms with E-state index < -0.39 is 0 Å². The van der Waals surface area contributed by atoms with Crippen LogP contribution in [0.2, 0.25) is 5.02 Å². The van der Waals surface area contributed by atoms with Gasteiger partial charge in [-0.1, -0.05) is 30.2 Å². The Labute approximate surface area is 135 Å². The fourth-order valence-electron chi connectivity index (χ4n) is 3.01. The summed E-state index contributed by atoms with van der Waals surface area (Å²) in [6, 6.07) is 11.6. The molecule has 0 aliphatic carbocycles. The van der Waals surface area contributed by atoms with Gasteiger partial charge in [-0.3, -0.25) is 9.78 Å². The Morgan fingerprint density at radius 1 is 1.09 bits per heavy atom. The van der Waals surface area contributed by atoms with E-state index in [1.54, 1.807) is 24.5 Å². The van der Waals surface area contributed by atoms with E-state index in [1.807, 2.05) is 17.0 Å². The van der Waals surface area contributed by atoms with E-state index in [9.17, 15) is 4.79 Å². The maximum Gasteiger partial charge on any atom is 0.253 e.